The van der Waals surface area contributed by atoms with Gasteiger partial charge in [0.15, 0.2) is 6.10 Å². The summed E-state index contributed by atoms with van der Waals surface area (Å²) in [5.41, 5.74) is 0. The average Bonchev–Trinajstić information content (AvgIpc) is 3.35. The first kappa shape index (κ1) is 69.4. The van der Waals surface area contributed by atoms with E-state index in [1.165, 1.54) is 257 Å². The second-order valence-electron chi connectivity index (χ2n) is 23.4. The predicted molar refractivity (Wildman–Crippen MR) is 307 cm³/mol. The molecular weight excluding hydrogens is 877 g/mol. The molecule has 0 aromatic rings. The highest BCUT2D eigenvalue weighted by molar-refractivity contribution is 5.71. The highest BCUT2D eigenvalue weighted by Gasteiger charge is 2.19. The van der Waals surface area contributed by atoms with Crippen LogP contribution in [0, 0.1) is 11.8 Å². The van der Waals surface area contributed by atoms with Crippen molar-refractivity contribution in [3.8, 4) is 0 Å². The molecule has 0 amide bonds. The van der Waals surface area contributed by atoms with Crippen LogP contribution in [-0.2, 0) is 28.6 Å². The summed E-state index contributed by atoms with van der Waals surface area (Å²) in [5, 5.41) is 0. The summed E-state index contributed by atoms with van der Waals surface area (Å²) in [4.78, 5) is 38.3. The molecule has 0 saturated heterocycles. The van der Waals surface area contributed by atoms with Gasteiger partial charge in [0.05, 0.1) is 0 Å². The molecule has 0 spiro atoms. The van der Waals surface area contributed by atoms with Crippen molar-refractivity contribution in [2.75, 3.05) is 13.2 Å². The number of carbonyl (C=O) groups excluding carboxylic acids is 3. The first-order valence-corrected chi connectivity index (χ1v) is 32.2. The van der Waals surface area contributed by atoms with Crippen molar-refractivity contribution in [3.05, 3.63) is 0 Å². The number of ether oxygens (including phenoxy) is 3. The Kier molecular flexibility index (Phi) is 56.4. The van der Waals surface area contributed by atoms with Crippen molar-refractivity contribution in [3.63, 3.8) is 0 Å². The van der Waals surface area contributed by atoms with E-state index >= 15 is 0 Å². The molecule has 422 valence electrons. The van der Waals surface area contributed by atoms with E-state index < -0.39 is 6.10 Å². The second-order valence-corrected chi connectivity index (χ2v) is 23.4. The van der Waals surface area contributed by atoms with Gasteiger partial charge < -0.3 is 14.2 Å². The van der Waals surface area contributed by atoms with Crippen LogP contribution in [-0.4, -0.2) is 37.2 Å². The lowest BCUT2D eigenvalue weighted by atomic mass is 10.0. The van der Waals surface area contributed by atoms with E-state index in [0.29, 0.717) is 19.3 Å². The quantitative estimate of drug-likeness (QED) is 0.0343. The molecule has 0 aromatic carbocycles. The van der Waals surface area contributed by atoms with Crippen LogP contribution in [0.4, 0.5) is 0 Å². The van der Waals surface area contributed by atoms with Crippen LogP contribution in [0.3, 0.4) is 0 Å². The van der Waals surface area contributed by atoms with Crippen LogP contribution in [0.25, 0.3) is 0 Å². The summed E-state index contributed by atoms with van der Waals surface area (Å²) in [6, 6.07) is 0. The van der Waals surface area contributed by atoms with E-state index in [-0.39, 0.29) is 31.1 Å². The van der Waals surface area contributed by atoms with Crippen molar-refractivity contribution in [1.29, 1.82) is 0 Å². The maximum atomic E-state index is 12.9. The van der Waals surface area contributed by atoms with Crippen molar-refractivity contribution >= 4 is 17.9 Å². The molecule has 0 heterocycles. The number of unbranched alkanes of at least 4 members (excludes halogenated alkanes) is 44. The third-order valence-corrected chi connectivity index (χ3v) is 15.0. The smallest absolute Gasteiger partial charge is 0.306 e. The van der Waals surface area contributed by atoms with Gasteiger partial charge in [-0.05, 0) is 31.1 Å². The van der Waals surface area contributed by atoms with Crippen LogP contribution in [0.15, 0.2) is 0 Å². The normalized spacial score (nSPS) is 12.0. The van der Waals surface area contributed by atoms with Crippen LogP contribution in [0.1, 0.15) is 369 Å². The van der Waals surface area contributed by atoms with Gasteiger partial charge in [0, 0.05) is 19.3 Å². The minimum absolute atomic E-state index is 0.0617. The lowest BCUT2D eigenvalue weighted by molar-refractivity contribution is -0.167. The molecule has 0 saturated carbocycles. The van der Waals surface area contributed by atoms with E-state index in [1.54, 1.807) is 0 Å². The molecule has 71 heavy (non-hydrogen) atoms. The third-order valence-electron chi connectivity index (χ3n) is 15.0. The van der Waals surface area contributed by atoms with Crippen LogP contribution in [0.5, 0.6) is 0 Å². The molecule has 0 N–H and O–H groups in total. The van der Waals surface area contributed by atoms with Crippen LogP contribution in [0.2, 0.25) is 0 Å². The number of carbonyl (C=O) groups is 3. The Morgan fingerprint density at radius 3 is 0.690 bits per heavy atom. The predicted octanol–water partition coefficient (Wildman–Crippen LogP) is 21.6. The van der Waals surface area contributed by atoms with Crippen molar-refractivity contribution in [2.45, 2.75) is 375 Å². The second kappa shape index (κ2) is 57.7. The van der Waals surface area contributed by atoms with Gasteiger partial charge in [-0.1, -0.05) is 330 Å². The highest BCUT2D eigenvalue weighted by atomic mass is 16.6. The molecule has 0 aliphatic rings. The first-order valence-electron chi connectivity index (χ1n) is 32.2. The fraction of sp³-hybridized carbons (Fsp3) is 0.954. The van der Waals surface area contributed by atoms with Crippen molar-refractivity contribution in [2.24, 2.45) is 11.8 Å². The molecule has 0 bridgehead atoms. The Balaban J connectivity index is 4.29. The minimum atomic E-state index is -0.764. The molecule has 6 nitrogen and oxygen atoms in total. The summed E-state index contributed by atoms with van der Waals surface area (Å²) in [5.74, 6) is 0.862. The lowest BCUT2D eigenvalue weighted by Crippen LogP contribution is -2.30. The molecule has 0 aromatic heterocycles. The number of esters is 3. The Bertz CT molecular complexity index is 1090. The van der Waals surface area contributed by atoms with E-state index in [0.717, 1.165) is 69.6 Å². The Morgan fingerprint density at radius 1 is 0.268 bits per heavy atom. The van der Waals surface area contributed by atoms with Gasteiger partial charge in [0.2, 0.25) is 0 Å². The molecule has 0 unspecified atom stereocenters. The van der Waals surface area contributed by atoms with Crippen molar-refractivity contribution < 1.29 is 28.6 Å². The highest BCUT2D eigenvalue weighted by Crippen LogP contribution is 2.19. The van der Waals surface area contributed by atoms with E-state index in [1.807, 2.05) is 0 Å². The Morgan fingerprint density at radius 2 is 0.465 bits per heavy atom. The molecule has 0 aliphatic carbocycles. The molecule has 0 aliphatic heterocycles. The van der Waals surface area contributed by atoms with Gasteiger partial charge in [-0.15, -0.1) is 0 Å². The van der Waals surface area contributed by atoms with E-state index in [9.17, 15) is 14.4 Å². The maximum Gasteiger partial charge on any atom is 0.306 e. The van der Waals surface area contributed by atoms with Gasteiger partial charge in [-0.3, -0.25) is 14.4 Å². The zero-order valence-corrected chi connectivity index (χ0v) is 48.9. The topological polar surface area (TPSA) is 78.9 Å². The molecule has 0 rings (SSSR count). The molecule has 0 fully saturated rings. The Hall–Kier alpha value is -1.59. The third kappa shape index (κ3) is 59.2. The minimum Gasteiger partial charge on any atom is -0.462 e. The van der Waals surface area contributed by atoms with E-state index in [4.69, 9.17) is 14.2 Å². The summed E-state index contributed by atoms with van der Waals surface area (Å²) in [7, 11) is 0. The summed E-state index contributed by atoms with van der Waals surface area (Å²) in [6.07, 6.45) is 63.9. The van der Waals surface area contributed by atoms with E-state index in [2.05, 4.69) is 34.6 Å². The number of rotatable bonds is 59. The molecule has 6 heteroatoms. The summed E-state index contributed by atoms with van der Waals surface area (Å²) >= 11 is 0. The standard InChI is InChI=1S/C65H126O6/c1-6-7-8-9-10-11-12-13-14-15-16-19-25-30-35-40-45-50-55-63(66)69-58-62(59-70-64(67)56-51-46-41-36-31-26-22-21-24-29-34-39-44-49-54-61(4)5)71-65(68)57-52-47-42-37-32-27-20-17-18-23-28-33-38-43-48-53-60(2)3/h60-62H,6-59H2,1-5H3/t62-/m1/s1. The fourth-order valence-electron chi connectivity index (χ4n) is 10.1. The SMILES string of the molecule is CCCCCCCCCCCCCCCCCCCCC(=O)OC[C@H](COC(=O)CCCCCCCCCCCCCCCCC(C)C)OC(=O)CCCCCCCCCCCCCCCCCC(C)C. The Labute approximate surface area is 444 Å². The van der Waals surface area contributed by atoms with Gasteiger partial charge in [0.25, 0.3) is 0 Å². The monoisotopic (exact) mass is 1000 g/mol. The molecule has 0 radical (unpaired) electrons. The van der Waals surface area contributed by atoms with Crippen molar-refractivity contribution in [1.82, 2.24) is 0 Å². The maximum absolute atomic E-state index is 12.9. The van der Waals surface area contributed by atoms with Gasteiger partial charge in [-0.25, -0.2) is 0 Å². The zero-order chi connectivity index (χ0) is 51.8. The number of hydrogen-bond acceptors (Lipinski definition) is 6. The molecule has 1 atom stereocenters. The molecular formula is C65H126O6. The average molecular weight is 1000 g/mol. The van der Waals surface area contributed by atoms with Gasteiger partial charge in [0.1, 0.15) is 13.2 Å². The summed E-state index contributed by atoms with van der Waals surface area (Å²) in [6.45, 7) is 11.5. The van der Waals surface area contributed by atoms with Crippen LogP contribution < -0.4 is 0 Å². The summed E-state index contributed by atoms with van der Waals surface area (Å²) < 4.78 is 17.0. The largest absolute Gasteiger partial charge is 0.462 e. The van der Waals surface area contributed by atoms with Gasteiger partial charge >= 0.3 is 17.9 Å². The first-order chi connectivity index (χ1) is 34.7. The van der Waals surface area contributed by atoms with Gasteiger partial charge in [-0.2, -0.15) is 0 Å². The number of hydrogen-bond donors (Lipinski definition) is 0. The van der Waals surface area contributed by atoms with Crippen LogP contribution >= 0.6 is 0 Å². The zero-order valence-electron chi connectivity index (χ0n) is 48.9. The fourth-order valence-corrected chi connectivity index (χ4v) is 10.1. The lowest BCUT2D eigenvalue weighted by Gasteiger charge is -2.18.